The molecule has 0 spiro atoms. The molecule has 2 rings (SSSR count). The number of rotatable bonds is 6. The minimum atomic E-state index is -0.499. The Labute approximate surface area is 128 Å². The molecule has 0 aromatic heterocycles. The number of hydrogen-bond donors (Lipinski definition) is 0. The van der Waals surface area contributed by atoms with Gasteiger partial charge in [0, 0.05) is 6.54 Å². The largest absolute Gasteiger partial charge is 0.465 e. The van der Waals surface area contributed by atoms with Crippen LogP contribution < -0.4 is 0 Å². The predicted molar refractivity (Wildman–Crippen MR) is 85.3 cm³/mol. The van der Waals surface area contributed by atoms with E-state index in [4.69, 9.17) is 4.74 Å². The third kappa shape index (κ3) is 2.98. The van der Waals surface area contributed by atoms with Crippen molar-refractivity contribution in [3.63, 3.8) is 0 Å². The van der Waals surface area contributed by atoms with Gasteiger partial charge >= 0.3 is 5.97 Å². The van der Waals surface area contributed by atoms with E-state index in [2.05, 4.69) is 30.9 Å². The molecule has 1 aliphatic heterocycles. The number of esters is 1. The van der Waals surface area contributed by atoms with Crippen molar-refractivity contribution in [3.05, 3.63) is 35.9 Å². The van der Waals surface area contributed by atoms with Crippen molar-refractivity contribution in [2.24, 2.45) is 5.92 Å². The van der Waals surface area contributed by atoms with Crippen molar-refractivity contribution in [1.82, 2.24) is 4.90 Å². The molecule has 0 saturated carbocycles. The maximum atomic E-state index is 12.8. The van der Waals surface area contributed by atoms with Crippen LogP contribution in [0.25, 0.3) is 0 Å². The lowest BCUT2D eigenvalue weighted by Gasteiger charge is -2.36. The van der Waals surface area contributed by atoms with E-state index in [-0.39, 0.29) is 5.97 Å². The Bertz CT molecular complexity index is 460. The highest BCUT2D eigenvalue weighted by atomic mass is 16.5. The highest BCUT2D eigenvalue weighted by molar-refractivity contribution is 5.83. The molecule has 1 aliphatic rings. The number of ether oxygens (including phenoxy) is 1. The molecular weight excluding hydrogens is 262 g/mol. The average molecular weight is 289 g/mol. The Kier molecular flexibility index (Phi) is 5.40. The lowest BCUT2D eigenvalue weighted by atomic mass is 9.68. The summed E-state index contributed by atoms with van der Waals surface area (Å²) in [5.41, 5.74) is 0.607. The lowest BCUT2D eigenvalue weighted by molar-refractivity contribution is -0.152. The van der Waals surface area contributed by atoms with E-state index < -0.39 is 5.41 Å². The van der Waals surface area contributed by atoms with Gasteiger partial charge in [-0.2, -0.15) is 0 Å². The fourth-order valence-corrected chi connectivity index (χ4v) is 3.67. The molecule has 3 nitrogen and oxygen atoms in total. The molecule has 1 heterocycles. The number of likely N-dealkylation sites (tertiary alicyclic amines) is 1. The molecule has 0 N–H and O–H groups in total. The van der Waals surface area contributed by atoms with Crippen LogP contribution in [0, 0.1) is 5.92 Å². The molecule has 3 heteroatoms. The summed E-state index contributed by atoms with van der Waals surface area (Å²) in [6.07, 6.45) is 1.85. The molecular formula is C18H27NO2. The van der Waals surface area contributed by atoms with Crippen LogP contribution in [0.5, 0.6) is 0 Å². The van der Waals surface area contributed by atoms with Crippen molar-refractivity contribution in [2.45, 2.75) is 39.0 Å². The maximum absolute atomic E-state index is 12.8. The number of benzene rings is 1. The zero-order valence-corrected chi connectivity index (χ0v) is 13.5. The van der Waals surface area contributed by atoms with Gasteiger partial charge in [0.2, 0.25) is 0 Å². The van der Waals surface area contributed by atoms with E-state index in [1.54, 1.807) is 0 Å². The van der Waals surface area contributed by atoms with Crippen LogP contribution in [0.1, 0.15) is 39.2 Å². The summed E-state index contributed by atoms with van der Waals surface area (Å²) in [6.45, 7) is 9.73. The summed E-state index contributed by atoms with van der Waals surface area (Å²) in [6, 6.07) is 10.2. The standard InChI is InChI=1S/C18H27NO2/c1-4-18(17(20)21-6-3,15-10-8-7-9-11-15)16-12-13-19(5-2)14-16/h7-11,16H,4-6,12-14H2,1-3H3/t16-,18+/m0/s1. The highest BCUT2D eigenvalue weighted by Crippen LogP contribution is 2.42. The summed E-state index contributed by atoms with van der Waals surface area (Å²) in [7, 11) is 0. The number of carbonyl (C=O) groups is 1. The third-order valence-electron chi connectivity index (χ3n) is 4.90. The molecule has 2 atom stereocenters. The number of nitrogens with zero attached hydrogens (tertiary/aromatic N) is 1. The topological polar surface area (TPSA) is 29.5 Å². The minimum Gasteiger partial charge on any atom is -0.465 e. The van der Waals surface area contributed by atoms with Crippen LogP contribution in [0.4, 0.5) is 0 Å². The Morgan fingerprint density at radius 2 is 2.00 bits per heavy atom. The average Bonchev–Trinajstić information content (AvgIpc) is 2.99. The second-order valence-corrected chi connectivity index (χ2v) is 5.79. The van der Waals surface area contributed by atoms with Crippen LogP contribution >= 0.6 is 0 Å². The fourth-order valence-electron chi connectivity index (χ4n) is 3.67. The monoisotopic (exact) mass is 289 g/mol. The lowest BCUT2D eigenvalue weighted by Crippen LogP contribution is -2.45. The van der Waals surface area contributed by atoms with Crippen LogP contribution in [0.3, 0.4) is 0 Å². The van der Waals surface area contributed by atoms with Crippen molar-refractivity contribution in [1.29, 1.82) is 0 Å². The van der Waals surface area contributed by atoms with E-state index in [1.807, 2.05) is 25.1 Å². The molecule has 0 aliphatic carbocycles. The van der Waals surface area contributed by atoms with Gasteiger partial charge in [0.15, 0.2) is 0 Å². The van der Waals surface area contributed by atoms with Crippen molar-refractivity contribution in [2.75, 3.05) is 26.2 Å². The first kappa shape index (κ1) is 16.0. The number of hydrogen-bond acceptors (Lipinski definition) is 3. The Balaban J connectivity index is 2.40. The van der Waals surface area contributed by atoms with Crippen molar-refractivity contribution in [3.8, 4) is 0 Å². The SMILES string of the molecule is CCOC(=O)[C@](CC)(c1ccccc1)[C@H]1CCN(CC)C1. The van der Waals surface area contributed by atoms with Crippen LogP contribution in [-0.4, -0.2) is 37.1 Å². The molecule has 0 unspecified atom stereocenters. The van der Waals surface area contributed by atoms with Gasteiger partial charge in [0.05, 0.1) is 12.0 Å². The summed E-state index contributed by atoms with van der Waals surface area (Å²) in [5.74, 6) is 0.283. The molecule has 1 aromatic rings. The van der Waals surface area contributed by atoms with Gasteiger partial charge in [-0.15, -0.1) is 0 Å². The van der Waals surface area contributed by atoms with E-state index in [0.29, 0.717) is 12.5 Å². The minimum absolute atomic E-state index is 0.0540. The molecule has 0 amide bonds. The van der Waals surface area contributed by atoms with E-state index >= 15 is 0 Å². The summed E-state index contributed by atoms with van der Waals surface area (Å²) in [4.78, 5) is 15.3. The van der Waals surface area contributed by atoms with Gasteiger partial charge in [-0.05, 0) is 44.3 Å². The van der Waals surface area contributed by atoms with Gasteiger partial charge in [0.1, 0.15) is 0 Å². The van der Waals surface area contributed by atoms with E-state index in [1.165, 1.54) is 0 Å². The van der Waals surface area contributed by atoms with Crippen LogP contribution in [0.2, 0.25) is 0 Å². The van der Waals surface area contributed by atoms with Crippen LogP contribution in [0.15, 0.2) is 30.3 Å². The second kappa shape index (κ2) is 7.08. The Hall–Kier alpha value is -1.35. The molecule has 1 aromatic carbocycles. The molecule has 1 fully saturated rings. The van der Waals surface area contributed by atoms with Gasteiger partial charge in [-0.1, -0.05) is 44.2 Å². The second-order valence-electron chi connectivity index (χ2n) is 5.79. The molecule has 1 saturated heterocycles. The van der Waals surface area contributed by atoms with Gasteiger partial charge in [0.25, 0.3) is 0 Å². The highest BCUT2D eigenvalue weighted by Gasteiger charge is 2.48. The summed E-state index contributed by atoms with van der Waals surface area (Å²) < 4.78 is 5.48. The molecule has 21 heavy (non-hydrogen) atoms. The predicted octanol–water partition coefficient (Wildman–Crippen LogP) is 3.24. The fraction of sp³-hybridized carbons (Fsp3) is 0.611. The zero-order valence-electron chi connectivity index (χ0n) is 13.5. The van der Waals surface area contributed by atoms with E-state index in [0.717, 1.165) is 38.0 Å². The first-order valence-electron chi connectivity index (χ1n) is 8.14. The van der Waals surface area contributed by atoms with Gasteiger partial charge in [-0.25, -0.2) is 0 Å². The smallest absolute Gasteiger partial charge is 0.316 e. The summed E-state index contributed by atoms with van der Waals surface area (Å²) in [5, 5.41) is 0. The van der Waals surface area contributed by atoms with E-state index in [9.17, 15) is 4.79 Å². The number of carbonyl (C=O) groups excluding carboxylic acids is 1. The maximum Gasteiger partial charge on any atom is 0.316 e. The van der Waals surface area contributed by atoms with Crippen molar-refractivity contribution >= 4 is 5.97 Å². The molecule has 0 radical (unpaired) electrons. The van der Waals surface area contributed by atoms with Gasteiger partial charge < -0.3 is 9.64 Å². The Morgan fingerprint density at radius 3 is 2.52 bits per heavy atom. The van der Waals surface area contributed by atoms with Crippen molar-refractivity contribution < 1.29 is 9.53 Å². The first-order chi connectivity index (χ1) is 10.2. The molecule has 116 valence electrons. The summed E-state index contributed by atoms with van der Waals surface area (Å²) >= 11 is 0. The zero-order chi connectivity index (χ0) is 15.3. The quantitative estimate of drug-likeness (QED) is 0.753. The third-order valence-corrected chi connectivity index (χ3v) is 4.90. The normalized spacial score (nSPS) is 22.0. The molecule has 0 bridgehead atoms. The Morgan fingerprint density at radius 1 is 1.29 bits per heavy atom. The van der Waals surface area contributed by atoms with Crippen LogP contribution in [-0.2, 0) is 14.9 Å². The van der Waals surface area contributed by atoms with Gasteiger partial charge in [-0.3, -0.25) is 4.79 Å². The first-order valence-corrected chi connectivity index (χ1v) is 8.14.